The molecule has 2 aromatic heterocycles. The summed E-state index contributed by atoms with van der Waals surface area (Å²) in [5.41, 5.74) is 1.05. The van der Waals surface area contributed by atoms with Crippen LogP contribution in [-0.4, -0.2) is 66.1 Å². The number of halogens is 3. The summed E-state index contributed by atoms with van der Waals surface area (Å²) in [6, 6.07) is 2.01. The van der Waals surface area contributed by atoms with E-state index in [4.69, 9.17) is 4.79 Å². The molecule has 1 aliphatic heterocycles. The average molecular weight is 426 g/mol. The van der Waals surface area contributed by atoms with E-state index in [2.05, 4.69) is 20.1 Å². The minimum atomic E-state index is -4.20. The minimum Gasteiger partial charge on any atom is -0.371 e. The van der Waals surface area contributed by atoms with Crippen LogP contribution in [0.15, 0.2) is 12.3 Å². The van der Waals surface area contributed by atoms with Crippen molar-refractivity contribution in [1.29, 1.82) is 0 Å². The van der Waals surface area contributed by atoms with Crippen LogP contribution in [-0.2, 0) is 16.6 Å². The molecule has 2 aromatic rings. The molecule has 3 heterocycles. The van der Waals surface area contributed by atoms with E-state index in [-0.39, 0.29) is 18.4 Å². The van der Waals surface area contributed by atoms with Crippen LogP contribution in [0.1, 0.15) is 31.0 Å². The SMILES string of the molecule is C.C=O.CNc1nn(C)c2[nH]ccc12.FC(F)(F)COCN1CC2CCCC2C1.[HH].[HH].[HH]. The van der Waals surface area contributed by atoms with Crippen molar-refractivity contribution in [2.45, 2.75) is 32.9 Å². The first kappa shape index (κ1) is 25.0. The van der Waals surface area contributed by atoms with Gasteiger partial charge in [0.25, 0.3) is 0 Å². The molecule has 0 radical (unpaired) electrons. The van der Waals surface area contributed by atoms with E-state index in [9.17, 15) is 13.2 Å². The van der Waals surface area contributed by atoms with Gasteiger partial charge in [0.15, 0.2) is 5.82 Å². The number of rotatable bonds is 4. The van der Waals surface area contributed by atoms with Gasteiger partial charge >= 0.3 is 6.18 Å². The van der Waals surface area contributed by atoms with Gasteiger partial charge in [-0.3, -0.25) is 4.90 Å². The predicted molar refractivity (Wildman–Crippen MR) is 114 cm³/mol. The molecule has 29 heavy (non-hydrogen) atoms. The number of ether oxygens (including phenoxy) is 1. The topological polar surface area (TPSA) is 75.2 Å². The standard InChI is InChI=1S/C10H16F3NO.C7H10N4.CH2O.CH4.3H2/c11-10(12,13)6-15-7-14-4-8-2-1-3-9(8)5-14;1-8-6-5-3-4-9-7(5)11(2)10-6;1-2;;;;/h8-9H,1-7H2;3-4,9H,1-2H3,(H,8,10);1H2;1H4;3*1H. The van der Waals surface area contributed by atoms with Crippen LogP contribution in [0.4, 0.5) is 19.0 Å². The van der Waals surface area contributed by atoms with Gasteiger partial charge in [0.2, 0.25) is 0 Å². The first-order valence-electron chi connectivity index (χ1n) is 9.21. The van der Waals surface area contributed by atoms with Crippen LogP contribution in [0.5, 0.6) is 0 Å². The highest BCUT2D eigenvalue weighted by Gasteiger charge is 2.36. The first-order chi connectivity index (χ1) is 13.4. The summed E-state index contributed by atoms with van der Waals surface area (Å²) >= 11 is 0. The van der Waals surface area contributed by atoms with Gasteiger partial charge in [-0.25, -0.2) is 4.68 Å². The number of H-pyrrole nitrogens is 1. The maximum atomic E-state index is 11.8. The molecule has 7 nitrogen and oxygen atoms in total. The number of aromatic amines is 1. The number of aryl methyl sites for hydroxylation is 1. The van der Waals surface area contributed by atoms with Crippen molar-refractivity contribution < 1.29 is 27.0 Å². The number of carbonyl (C=O) groups is 1. The Morgan fingerprint density at radius 2 is 1.97 bits per heavy atom. The molecular formula is C19H38F3N5O2. The minimum absolute atomic E-state index is 0. The highest BCUT2D eigenvalue weighted by atomic mass is 19.4. The first-order valence-corrected chi connectivity index (χ1v) is 9.21. The Morgan fingerprint density at radius 1 is 1.34 bits per heavy atom. The predicted octanol–water partition coefficient (Wildman–Crippen LogP) is 4.39. The van der Waals surface area contributed by atoms with Crippen LogP contribution < -0.4 is 5.32 Å². The number of hydrogen-bond donors (Lipinski definition) is 2. The Balaban J connectivity index is -0.000000448. The summed E-state index contributed by atoms with van der Waals surface area (Å²) in [4.78, 5) is 13.1. The lowest BCUT2D eigenvalue weighted by atomic mass is 10.0. The van der Waals surface area contributed by atoms with E-state index in [0.29, 0.717) is 11.8 Å². The molecule has 0 aromatic carbocycles. The number of carbonyl (C=O) groups excluding carboxylic acids is 1. The van der Waals surface area contributed by atoms with Crippen molar-refractivity contribution >= 4 is 23.6 Å². The molecule has 0 amide bonds. The molecule has 0 spiro atoms. The number of likely N-dealkylation sites (tertiary alicyclic amines) is 1. The Hall–Kier alpha value is -2.07. The number of nitrogens with one attached hydrogen (secondary N) is 2. The second-order valence-corrected chi connectivity index (χ2v) is 7.04. The van der Waals surface area contributed by atoms with Gasteiger partial charge in [0, 0.05) is 37.7 Å². The Kier molecular flexibility index (Phi) is 9.64. The zero-order chi connectivity index (χ0) is 20.7. The second kappa shape index (κ2) is 11.2. The fourth-order valence-corrected chi connectivity index (χ4v) is 3.99. The lowest BCUT2D eigenvalue weighted by Crippen LogP contribution is -2.28. The molecule has 2 atom stereocenters. The molecule has 1 saturated carbocycles. The van der Waals surface area contributed by atoms with E-state index in [1.165, 1.54) is 19.3 Å². The molecule has 2 unspecified atom stereocenters. The highest BCUT2D eigenvalue weighted by molar-refractivity contribution is 5.87. The number of anilines is 1. The zero-order valence-electron chi connectivity index (χ0n) is 16.3. The van der Waals surface area contributed by atoms with Crippen molar-refractivity contribution in [1.82, 2.24) is 19.7 Å². The molecule has 1 saturated heterocycles. The van der Waals surface area contributed by atoms with E-state index in [0.717, 1.165) is 29.9 Å². The number of nitrogens with zero attached hydrogens (tertiary/aromatic N) is 3. The molecule has 2 aliphatic rings. The number of alkyl halides is 3. The lowest BCUT2D eigenvalue weighted by Gasteiger charge is -2.17. The highest BCUT2D eigenvalue weighted by Crippen LogP contribution is 2.37. The molecule has 2 N–H and O–H groups in total. The summed E-state index contributed by atoms with van der Waals surface area (Å²) in [6.07, 6.45) is 1.47. The number of fused-ring (bicyclic) bond motifs is 2. The van der Waals surface area contributed by atoms with Gasteiger partial charge in [0.05, 0.1) is 12.1 Å². The molecule has 4 rings (SSSR count). The monoisotopic (exact) mass is 425 g/mol. The molecule has 172 valence electrons. The van der Waals surface area contributed by atoms with Crippen LogP contribution in [0.25, 0.3) is 11.0 Å². The van der Waals surface area contributed by atoms with E-state index >= 15 is 0 Å². The summed E-state index contributed by atoms with van der Waals surface area (Å²) in [5, 5.41) is 8.40. The second-order valence-electron chi connectivity index (χ2n) is 7.04. The van der Waals surface area contributed by atoms with E-state index in [1.807, 2.05) is 42.7 Å². The number of hydrogen-bond acceptors (Lipinski definition) is 5. The summed E-state index contributed by atoms with van der Waals surface area (Å²) < 4.78 is 41.9. The largest absolute Gasteiger partial charge is 0.411 e. The fraction of sp³-hybridized carbons (Fsp3) is 0.684. The van der Waals surface area contributed by atoms with Gasteiger partial charge < -0.3 is 19.8 Å². The molecule has 1 aliphatic carbocycles. The van der Waals surface area contributed by atoms with Crippen LogP contribution in [0.3, 0.4) is 0 Å². The maximum absolute atomic E-state index is 11.8. The van der Waals surface area contributed by atoms with Crippen LogP contribution in [0, 0.1) is 11.8 Å². The van der Waals surface area contributed by atoms with Crippen molar-refractivity contribution in [3.05, 3.63) is 12.3 Å². The Morgan fingerprint density at radius 3 is 2.52 bits per heavy atom. The van der Waals surface area contributed by atoms with Gasteiger partial charge in [-0.2, -0.15) is 18.3 Å². The van der Waals surface area contributed by atoms with E-state index < -0.39 is 12.8 Å². The van der Waals surface area contributed by atoms with Crippen molar-refractivity contribution in [3.63, 3.8) is 0 Å². The van der Waals surface area contributed by atoms with Crippen molar-refractivity contribution in [2.75, 3.05) is 38.8 Å². The van der Waals surface area contributed by atoms with Crippen molar-refractivity contribution in [2.24, 2.45) is 18.9 Å². The number of aromatic nitrogens is 3. The van der Waals surface area contributed by atoms with Gasteiger partial charge in [-0.15, -0.1) is 0 Å². The summed E-state index contributed by atoms with van der Waals surface area (Å²) in [6.45, 7) is 2.84. The molecule has 0 bridgehead atoms. The van der Waals surface area contributed by atoms with Crippen LogP contribution in [0.2, 0.25) is 0 Å². The van der Waals surface area contributed by atoms with Gasteiger partial charge in [-0.1, -0.05) is 13.8 Å². The fourth-order valence-electron chi connectivity index (χ4n) is 3.99. The lowest BCUT2D eigenvalue weighted by molar-refractivity contribution is -0.182. The quantitative estimate of drug-likeness (QED) is 0.760. The third kappa shape index (κ3) is 6.74. The molecule has 2 fully saturated rings. The van der Waals surface area contributed by atoms with Gasteiger partial charge in [-0.05, 0) is 30.7 Å². The third-order valence-electron chi connectivity index (χ3n) is 5.13. The molecule has 10 heteroatoms. The van der Waals surface area contributed by atoms with Gasteiger partial charge in [0.1, 0.15) is 19.0 Å². The molecular weight excluding hydrogens is 387 g/mol. The third-order valence-corrected chi connectivity index (χ3v) is 5.13. The average Bonchev–Trinajstić information content (AvgIpc) is 3.39. The normalized spacial score (nSPS) is 20.9. The van der Waals surface area contributed by atoms with Crippen LogP contribution >= 0.6 is 0 Å². The van der Waals surface area contributed by atoms with Crippen molar-refractivity contribution in [3.8, 4) is 0 Å². The maximum Gasteiger partial charge on any atom is 0.411 e. The Labute approximate surface area is 174 Å². The zero-order valence-corrected chi connectivity index (χ0v) is 16.3. The smallest absolute Gasteiger partial charge is 0.371 e. The Bertz CT molecular complexity index is 733. The van der Waals surface area contributed by atoms with E-state index in [1.54, 1.807) is 0 Å². The summed E-state index contributed by atoms with van der Waals surface area (Å²) in [5.74, 6) is 2.34. The summed E-state index contributed by atoms with van der Waals surface area (Å²) in [7, 11) is 3.79.